The fourth-order valence-corrected chi connectivity index (χ4v) is 4.79. The molecule has 0 heterocycles. The maximum atomic E-state index is 12.6. The predicted molar refractivity (Wildman–Crippen MR) is 191 cm³/mol. The summed E-state index contributed by atoms with van der Waals surface area (Å²) in [6, 6.07) is 3.67. The van der Waals surface area contributed by atoms with Crippen molar-refractivity contribution in [3.05, 3.63) is 37.2 Å². The van der Waals surface area contributed by atoms with Crippen LogP contribution in [0.15, 0.2) is 29.5 Å². The summed E-state index contributed by atoms with van der Waals surface area (Å²) in [7, 11) is 1.60. The molecule has 0 radical (unpaired) electrons. The van der Waals surface area contributed by atoms with Crippen LogP contribution in [0.25, 0.3) is 0 Å². The number of aliphatic imine (C=N–C) groups is 1. The molecular formula is C31H48I2N4O8. The van der Waals surface area contributed by atoms with Crippen molar-refractivity contribution in [2.45, 2.75) is 65.4 Å². The number of ether oxygens (including phenoxy) is 5. The molecule has 3 N–H and O–H groups in total. The summed E-state index contributed by atoms with van der Waals surface area (Å²) in [6.07, 6.45) is 0.998. The van der Waals surface area contributed by atoms with Crippen LogP contribution in [0.3, 0.4) is 0 Å². The van der Waals surface area contributed by atoms with Gasteiger partial charge in [-0.3, -0.25) is 10.1 Å². The zero-order valence-electron chi connectivity index (χ0n) is 27.0. The SMILES string of the molecule is C=C(NCCOCCOc1cc(I)c(C)cc1I)NC(=O)NCCCC(=O)CC(CCCOCCOC)=NC(=O)OC(C)(C)C. The van der Waals surface area contributed by atoms with Gasteiger partial charge >= 0.3 is 12.1 Å². The minimum absolute atomic E-state index is 0.0308. The normalized spacial score (nSPS) is 11.6. The van der Waals surface area contributed by atoms with Crippen LogP contribution in [0.2, 0.25) is 0 Å². The summed E-state index contributed by atoms with van der Waals surface area (Å²) < 4.78 is 29.3. The average molecular weight is 859 g/mol. The summed E-state index contributed by atoms with van der Waals surface area (Å²) in [5.41, 5.74) is 0.980. The molecule has 1 aromatic carbocycles. The van der Waals surface area contributed by atoms with E-state index in [0.29, 0.717) is 83.5 Å². The lowest BCUT2D eigenvalue weighted by Crippen LogP contribution is -2.39. The molecule has 0 unspecified atom stereocenters. The van der Waals surface area contributed by atoms with Crippen molar-refractivity contribution < 1.29 is 38.1 Å². The van der Waals surface area contributed by atoms with E-state index in [-0.39, 0.29) is 18.6 Å². The van der Waals surface area contributed by atoms with E-state index in [1.807, 2.05) is 6.07 Å². The van der Waals surface area contributed by atoms with E-state index in [4.69, 9.17) is 23.7 Å². The highest BCUT2D eigenvalue weighted by Crippen LogP contribution is 2.26. The van der Waals surface area contributed by atoms with Crippen LogP contribution < -0.4 is 20.7 Å². The number of methoxy groups -OCH3 is 1. The monoisotopic (exact) mass is 858 g/mol. The van der Waals surface area contributed by atoms with Gasteiger partial charge in [-0.15, -0.1) is 0 Å². The third kappa shape index (κ3) is 21.4. The van der Waals surface area contributed by atoms with Crippen molar-refractivity contribution >= 4 is 68.8 Å². The average Bonchev–Trinajstić information content (AvgIpc) is 2.94. The van der Waals surface area contributed by atoms with Crippen LogP contribution in [-0.4, -0.2) is 89.1 Å². The number of Topliss-reactive ketones (excluding diaryl/α,β-unsaturated/α-hetero) is 1. The molecule has 254 valence electrons. The number of hydrogen-bond donors (Lipinski definition) is 3. The van der Waals surface area contributed by atoms with Crippen LogP contribution in [0.4, 0.5) is 9.59 Å². The van der Waals surface area contributed by atoms with Crippen molar-refractivity contribution in [2.75, 3.05) is 59.8 Å². The van der Waals surface area contributed by atoms with Gasteiger partial charge in [0.2, 0.25) is 0 Å². The number of benzene rings is 1. The van der Waals surface area contributed by atoms with E-state index in [0.717, 1.165) is 12.9 Å². The first-order valence-electron chi connectivity index (χ1n) is 14.8. The minimum Gasteiger partial charge on any atom is -0.490 e. The van der Waals surface area contributed by atoms with Gasteiger partial charge in [0, 0.05) is 48.9 Å². The molecule has 0 fully saturated rings. The molecule has 0 spiro atoms. The summed E-state index contributed by atoms with van der Waals surface area (Å²) in [6.45, 7) is 14.6. The molecule has 0 saturated heterocycles. The summed E-state index contributed by atoms with van der Waals surface area (Å²) in [4.78, 5) is 41.0. The highest BCUT2D eigenvalue weighted by atomic mass is 127. The van der Waals surface area contributed by atoms with E-state index >= 15 is 0 Å². The van der Waals surface area contributed by atoms with Crippen molar-refractivity contribution in [1.82, 2.24) is 16.0 Å². The molecular weight excluding hydrogens is 810 g/mol. The zero-order valence-corrected chi connectivity index (χ0v) is 31.3. The maximum absolute atomic E-state index is 12.6. The molecule has 0 atom stereocenters. The first-order valence-corrected chi connectivity index (χ1v) is 17.0. The lowest BCUT2D eigenvalue weighted by molar-refractivity contribution is -0.118. The molecule has 1 aromatic rings. The number of nitrogens with zero attached hydrogens (tertiary/aromatic N) is 1. The summed E-state index contributed by atoms with van der Waals surface area (Å²) in [5.74, 6) is 1.09. The highest BCUT2D eigenvalue weighted by molar-refractivity contribution is 14.1. The molecule has 14 heteroatoms. The van der Waals surface area contributed by atoms with Crippen molar-refractivity contribution in [1.29, 1.82) is 0 Å². The second-order valence-electron chi connectivity index (χ2n) is 11.0. The molecule has 0 aliphatic rings. The first-order chi connectivity index (χ1) is 21.3. The molecule has 0 bridgehead atoms. The number of nitrogens with one attached hydrogen (secondary N) is 3. The van der Waals surface area contributed by atoms with Gasteiger partial charge in [-0.1, -0.05) is 6.58 Å². The Hall–Kier alpha value is -2.02. The number of rotatable bonds is 22. The molecule has 0 aliphatic carbocycles. The van der Waals surface area contributed by atoms with Gasteiger partial charge in [0.1, 0.15) is 23.7 Å². The van der Waals surface area contributed by atoms with E-state index < -0.39 is 17.7 Å². The number of carbonyl (C=O) groups excluding carboxylic acids is 3. The smallest absolute Gasteiger partial charge is 0.434 e. The lowest BCUT2D eigenvalue weighted by Gasteiger charge is -2.18. The molecule has 0 aliphatic heterocycles. The number of urea groups is 1. The Morgan fingerprint density at radius 3 is 2.31 bits per heavy atom. The Morgan fingerprint density at radius 2 is 1.60 bits per heavy atom. The van der Waals surface area contributed by atoms with Gasteiger partial charge < -0.3 is 34.3 Å². The van der Waals surface area contributed by atoms with Crippen LogP contribution in [0.5, 0.6) is 5.75 Å². The maximum Gasteiger partial charge on any atom is 0.434 e. The molecule has 45 heavy (non-hydrogen) atoms. The van der Waals surface area contributed by atoms with Crippen molar-refractivity contribution in [3.8, 4) is 5.75 Å². The Morgan fingerprint density at radius 1 is 0.889 bits per heavy atom. The number of halogens is 2. The van der Waals surface area contributed by atoms with Gasteiger partial charge in [0.05, 0.1) is 35.8 Å². The fourth-order valence-electron chi connectivity index (χ4n) is 3.57. The molecule has 0 aromatic heterocycles. The molecule has 12 nitrogen and oxygen atoms in total. The van der Waals surface area contributed by atoms with E-state index in [1.165, 1.54) is 5.56 Å². The molecule has 1 rings (SSSR count). The van der Waals surface area contributed by atoms with Gasteiger partial charge in [-0.2, -0.15) is 4.99 Å². The topological polar surface area (TPSA) is 146 Å². The summed E-state index contributed by atoms with van der Waals surface area (Å²) >= 11 is 4.54. The highest BCUT2D eigenvalue weighted by Gasteiger charge is 2.17. The van der Waals surface area contributed by atoms with Gasteiger partial charge in [-0.25, -0.2) is 9.59 Å². The zero-order chi connectivity index (χ0) is 33.7. The van der Waals surface area contributed by atoms with Gasteiger partial charge in [-0.05, 0) is 110 Å². The number of hydrogen-bond acceptors (Lipinski definition) is 9. The Balaban J connectivity index is 2.26. The quantitative estimate of drug-likeness (QED) is 0.0781. The molecule has 0 saturated carbocycles. The Kier molecular flexibility index (Phi) is 21.3. The van der Waals surface area contributed by atoms with Crippen LogP contribution in [0.1, 0.15) is 58.4 Å². The van der Waals surface area contributed by atoms with Crippen LogP contribution >= 0.6 is 45.2 Å². The van der Waals surface area contributed by atoms with E-state index in [9.17, 15) is 14.4 Å². The third-order valence-electron chi connectivity index (χ3n) is 5.70. The second kappa shape index (κ2) is 23.3. The van der Waals surface area contributed by atoms with Crippen LogP contribution in [-0.2, 0) is 23.7 Å². The first kappa shape index (κ1) is 41.0. The van der Waals surface area contributed by atoms with Crippen LogP contribution in [0, 0.1) is 14.1 Å². The number of aryl methyl sites for hydroxylation is 1. The predicted octanol–water partition coefficient (Wildman–Crippen LogP) is 5.52. The van der Waals surface area contributed by atoms with Gasteiger partial charge in [0.25, 0.3) is 0 Å². The fraction of sp³-hybridized carbons (Fsp3) is 0.613. The number of carbonyl (C=O) groups is 3. The lowest BCUT2D eigenvalue weighted by atomic mass is 10.1. The number of amides is 3. The third-order valence-corrected chi connectivity index (χ3v) is 7.70. The van der Waals surface area contributed by atoms with E-state index in [2.05, 4.69) is 85.7 Å². The Bertz CT molecular complexity index is 1130. The Labute approximate surface area is 294 Å². The second-order valence-corrected chi connectivity index (χ2v) is 13.3. The van der Waals surface area contributed by atoms with Crippen molar-refractivity contribution in [2.24, 2.45) is 4.99 Å². The largest absolute Gasteiger partial charge is 0.490 e. The summed E-state index contributed by atoms with van der Waals surface area (Å²) in [5, 5.41) is 8.29. The number of ketones is 1. The van der Waals surface area contributed by atoms with Crippen molar-refractivity contribution in [3.63, 3.8) is 0 Å². The standard InChI is InChI=1S/C31H48I2N4O8/c1-22-19-27(33)28(21-26(22)32)44-18-17-43-14-12-34-23(2)36-29(39)35-11-7-10-25(38)20-24(9-8-13-42-16-15-41-6)37-30(40)45-31(3,4)5/h19,21,34H,2,7-18,20H2,1,3-6H3,(H2,35,36,39). The van der Waals surface area contributed by atoms with E-state index in [1.54, 1.807) is 27.9 Å². The van der Waals surface area contributed by atoms with Gasteiger partial charge in [0.15, 0.2) is 0 Å². The minimum atomic E-state index is -0.721. The molecule has 3 amide bonds.